The van der Waals surface area contributed by atoms with Crippen molar-refractivity contribution in [2.75, 3.05) is 27.7 Å². The van der Waals surface area contributed by atoms with Crippen LogP contribution < -0.4 is 9.47 Å². The van der Waals surface area contributed by atoms with E-state index in [1.807, 2.05) is 25.1 Å². The molecule has 1 aliphatic heterocycles. The van der Waals surface area contributed by atoms with Crippen molar-refractivity contribution in [3.63, 3.8) is 0 Å². The smallest absolute Gasteiger partial charge is 0.454 e. The minimum absolute atomic E-state index is 0.124. The largest absolute Gasteiger partial charge is 0.510 e. The number of carbonyl (C=O) groups is 2. The predicted octanol–water partition coefficient (Wildman–Crippen LogP) is 2.16. The van der Waals surface area contributed by atoms with E-state index in [0.717, 1.165) is 5.56 Å². The highest BCUT2D eigenvalue weighted by Gasteiger charge is 2.20. The third kappa shape index (κ3) is 4.41. The van der Waals surface area contributed by atoms with Gasteiger partial charge in [-0.25, -0.2) is 9.59 Å². The maximum Gasteiger partial charge on any atom is 0.510 e. The Morgan fingerprint density at radius 1 is 1.26 bits per heavy atom. The number of hydrogen-bond acceptors (Lipinski definition) is 7. The lowest BCUT2D eigenvalue weighted by Crippen LogP contribution is -2.37. The Bertz CT molecular complexity index is 575. The first-order chi connectivity index (χ1) is 11.0. The number of methoxy groups -OCH3 is 1. The highest BCUT2D eigenvalue weighted by molar-refractivity contribution is 5.68. The Hall–Kier alpha value is -2.64. The molecule has 0 saturated carbocycles. The van der Waals surface area contributed by atoms with Crippen LogP contribution in [0.15, 0.2) is 18.2 Å². The molecule has 2 rings (SSSR count). The van der Waals surface area contributed by atoms with Gasteiger partial charge in [0.25, 0.3) is 0 Å². The quantitative estimate of drug-likeness (QED) is 0.606. The van der Waals surface area contributed by atoms with E-state index < -0.39 is 19.0 Å². The van der Waals surface area contributed by atoms with Gasteiger partial charge in [-0.2, -0.15) is 0 Å². The Morgan fingerprint density at radius 2 is 2.00 bits per heavy atom. The molecule has 0 saturated heterocycles. The second-order valence-electron chi connectivity index (χ2n) is 4.98. The lowest BCUT2D eigenvalue weighted by atomic mass is 10.1. The highest BCUT2D eigenvalue weighted by Crippen LogP contribution is 2.32. The number of amides is 1. The summed E-state index contributed by atoms with van der Waals surface area (Å²) in [6.45, 7) is 1.61. The fourth-order valence-electron chi connectivity index (χ4n) is 2.01. The van der Waals surface area contributed by atoms with Crippen LogP contribution in [0.25, 0.3) is 0 Å². The molecule has 1 heterocycles. The number of ether oxygens (including phenoxy) is 5. The van der Waals surface area contributed by atoms with Crippen LogP contribution in [0.4, 0.5) is 9.59 Å². The van der Waals surface area contributed by atoms with Gasteiger partial charge >= 0.3 is 12.2 Å². The molecule has 0 radical (unpaired) electrons. The molecular weight excluding hydrogens is 306 g/mol. The van der Waals surface area contributed by atoms with E-state index >= 15 is 0 Å². The van der Waals surface area contributed by atoms with Gasteiger partial charge in [-0.3, -0.25) is 0 Å². The van der Waals surface area contributed by atoms with Crippen LogP contribution >= 0.6 is 0 Å². The van der Waals surface area contributed by atoms with E-state index in [9.17, 15) is 9.59 Å². The Labute approximate surface area is 133 Å². The van der Waals surface area contributed by atoms with Gasteiger partial charge in [0, 0.05) is 13.1 Å². The van der Waals surface area contributed by atoms with Crippen molar-refractivity contribution in [2.45, 2.75) is 19.4 Å². The fourth-order valence-corrected chi connectivity index (χ4v) is 2.01. The molecule has 0 aliphatic carbocycles. The summed E-state index contributed by atoms with van der Waals surface area (Å²) in [6, 6.07) is 5.52. The van der Waals surface area contributed by atoms with Crippen molar-refractivity contribution in [3.05, 3.63) is 23.8 Å². The standard InChI is InChI=1S/C15H19NO7/c1-10(16(2)14(17)22-9-23-15(18)19-3)6-11-4-5-12-13(7-11)21-8-20-12/h4-5,7,10H,6,8-9H2,1-3H3. The molecule has 126 valence electrons. The maximum atomic E-state index is 11.9. The van der Waals surface area contributed by atoms with Gasteiger partial charge in [-0.15, -0.1) is 0 Å². The van der Waals surface area contributed by atoms with Gasteiger partial charge < -0.3 is 28.6 Å². The van der Waals surface area contributed by atoms with Gasteiger partial charge in [0.15, 0.2) is 11.5 Å². The van der Waals surface area contributed by atoms with Gasteiger partial charge in [-0.1, -0.05) is 6.07 Å². The number of fused-ring (bicyclic) bond motifs is 1. The zero-order valence-electron chi connectivity index (χ0n) is 13.2. The molecule has 0 bridgehead atoms. The average molecular weight is 325 g/mol. The van der Waals surface area contributed by atoms with E-state index in [1.54, 1.807) is 7.05 Å². The number of likely N-dealkylation sites (N-methyl/N-ethyl adjacent to an activating group) is 1. The van der Waals surface area contributed by atoms with Crippen molar-refractivity contribution in [1.29, 1.82) is 0 Å². The molecule has 1 amide bonds. The average Bonchev–Trinajstić information content (AvgIpc) is 3.01. The van der Waals surface area contributed by atoms with Crippen LogP contribution in [0.2, 0.25) is 0 Å². The van der Waals surface area contributed by atoms with Gasteiger partial charge in [-0.05, 0) is 31.0 Å². The van der Waals surface area contributed by atoms with E-state index in [1.165, 1.54) is 12.0 Å². The first-order valence-corrected chi connectivity index (χ1v) is 7.00. The van der Waals surface area contributed by atoms with Crippen molar-refractivity contribution >= 4 is 12.2 Å². The van der Waals surface area contributed by atoms with Crippen LogP contribution in [0.1, 0.15) is 12.5 Å². The zero-order chi connectivity index (χ0) is 16.8. The Balaban J connectivity index is 1.83. The van der Waals surface area contributed by atoms with E-state index in [0.29, 0.717) is 17.9 Å². The summed E-state index contributed by atoms with van der Waals surface area (Å²) < 4.78 is 24.2. The number of rotatable bonds is 5. The summed E-state index contributed by atoms with van der Waals surface area (Å²) in [5.74, 6) is 1.42. The number of benzene rings is 1. The highest BCUT2D eigenvalue weighted by atomic mass is 16.8. The molecule has 8 nitrogen and oxygen atoms in total. The van der Waals surface area contributed by atoms with Crippen LogP contribution in [0.3, 0.4) is 0 Å². The fraction of sp³-hybridized carbons (Fsp3) is 0.467. The van der Waals surface area contributed by atoms with Crippen molar-refractivity contribution in [1.82, 2.24) is 4.90 Å². The van der Waals surface area contributed by atoms with Crippen LogP contribution in [0, 0.1) is 0 Å². The van der Waals surface area contributed by atoms with Crippen LogP contribution in [-0.2, 0) is 20.6 Å². The van der Waals surface area contributed by atoms with Crippen molar-refractivity contribution in [2.24, 2.45) is 0 Å². The molecular formula is C15H19NO7. The molecule has 1 aromatic carbocycles. The number of carbonyl (C=O) groups excluding carboxylic acids is 2. The summed E-state index contributed by atoms with van der Waals surface area (Å²) in [5, 5.41) is 0. The Kier molecular flexibility index (Phi) is 5.51. The second-order valence-corrected chi connectivity index (χ2v) is 4.98. The molecule has 0 spiro atoms. The summed E-state index contributed by atoms with van der Waals surface area (Å²) >= 11 is 0. The van der Waals surface area contributed by atoms with Crippen LogP contribution in [-0.4, -0.2) is 50.9 Å². The van der Waals surface area contributed by atoms with Gasteiger partial charge in [0.2, 0.25) is 13.6 Å². The van der Waals surface area contributed by atoms with Crippen molar-refractivity contribution < 1.29 is 33.3 Å². The minimum Gasteiger partial charge on any atom is -0.454 e. The Morgan fingerprint density at radius 3 is 2.74 bits per heavy atom. The molecule has 0 aromatic heterocycles. The number of nitrogens with zero attached hydrogens (tertiary/aromatic N) is 1. The third-order valence-electron chi connectivity index (χ3n) is 3.44. The zero-order valence-corrected chi connectivity index (χ0v) is 13.2. The molecule has 8 heteroatoms. The molecule has 0 fully saturated rings. The van der Waals surface area contributed by atoms with E-state index in [4.69, 9.17) is 14.2 Å². The molecule has 0 N–H and O–H groups in total. The molecule has 1 unspecified atom stereocenters. The molecule has 23 heavy (non-hydrogen) atoms. The van der Waals surface area contributed by atoms with E-state index in [2.05, 4.69) is 9.47 Å². The molecule has 1 aromatic rings. The first-order valence-electron chi connectivity index (χ1n) is 7.00. The summed E-state index contributed by atoms with van der Waals surface area (Å²) in [5.41, 5.74) is 1.01. The minimum atomic E-state index is -0.908. The normalized spacial score (nSPS) is 13.2. The number of hydrogen-bond donors (Lipinski definition) is 0. The van der Waals surface area contributed by atoms with E-state index in [-0.39, 0.29) is 12.8 Å². The second kappa shape index (κ2) is 7.57. The van der Waals surface area contributed by atoms with Crippen LogP contribution in [0.5, 0.6) is 11.5 Å². The first kappa shape index (κ1) is 16.7. The lowest BCUT2D eigenvalue weighted by Gasteiger charge is -2.24. The summed E-state index contributed by atoms with van der Waals surface area (Å²) in [6.07, 6.45) is -0.892. The molecule has 1 atom stereocenters. The monoisotopic (exact) mass is 325 g/mol. The maximum absolute atomic E-state index is 11.9. The topological polar surface area (TPSA) is 83.5 Å². The third-order valence-corrected chi connectivity index (χ3v) is 3.44. The SMILES string of the molecule is COC(=O)OCOC(=O)N(C)C(C)Cc1ccc2c(c1)OCO2. The summed E-state index contributed by atoms with van der Waals surface area (Å²) in [7, 11) is 2.78. The lowest BCUT2D eigenvalue weighted by molar-refractivity contribution is -0.0183. The summed E-state index contributed by atoms with van der Waals surface area (Å²) in [4.78, 5) is 24.0. The van der Waals surface area contributed by atoms with Crippen molar-refractivity contribution in [3.8, 4) is 11.5 Å². The van der Waals surface area contributed by atoms with Gasteiger partial charge in [0.1, 0.15) is 0 Å². The predicted molar refractivity (Wildman–Crippen MR) is 78.3 cm³/mol. The van der Waals surface area contributed by atoms with Gasteiger partial charge in [0.05, 0.1) is 7.11 Å². The molecule has 1 aliphatic rings.